The Kier molecular flexibility index (Phi) is 12.0. The van der Waals surface area contributed by atoms with E-state index in [1.54, 1.807) is 0 Å². The number of aliphatic hydroxyl groups is 2. The molecule has 0 radical (unpaired) electrons. The summed E-state index contributed by atoms with van der Waals surface area (Å²) in [7, 11) is 0. The van der Waals surface area contributed by atoms with E-state index in [2.05, 4.69) is 10.6 Å². The maximum absolute atomic E-state index is 13.7. The number of nitrogens with one attached hydrogen (secondary N) is 2. The summed E-state index contributed by atoms with van der Waals surface area (Å²) in [5.74, 6) is -0.486. The van der Waals surface area contributed by atoms with E-state index in [4.69, 9.17) is 0 Å². The molecule has 4 N–H and O–H groups in total. The molecule has 1 aliphatic carbocycles. The standard InChI is InChI=1S/C28H54N2O4/c1-9-14-27(33,15-10-2)22(20(5)6)29-24(31)26(18-13-19-26)25(32)30-23(21(7)8)28(34,16-11-3)17-12-4/h20-23,33-34H,9-19H2,1-8H3,(H,29,31)(H,30,32)/t22-,23-/m1/s1. The molecule has 0 heterocycles. The number of hydrogen-bond donors (Lipinski definition) is 4. The van der Waals surface area contributed by atoms with Gasteiger partial charge in [0.2, 0.25) is 11.8 Å². The van der Waals surface area contributed by atoms with Crippen LogP contribution in [0.15, 0.2) is 0 Å². The van der Waals surface area contributed by atoms with Crippen molar-refractivity contribution in [1.29, 1.82) is 0 Å². The van der Waals surface area contributed by atoms with Crippen molar-refractivity contribution in [1.82, 2.24) is 10.6 Å². The Labute approximate surface area is 209 Å². The molecule has 0 aromatic carbocycles. The van der Waals surface area contributed by atoms with Crippen molar-refractivity contribution >= 4 is 11.8 Å². The van der Waals surface area contributed by atoms with Crippen molar-refractivity contribution in [3.63, 3.8) is 0 Å². The third-order valence-electron chi connectivity index (χ3n) is 7.87. The number of hydrogen-bond acceptors (Lipinski definition) is 4. The number of carbonyl (C=O) groups is 2. The number of amides is 2. The van der Waals surface area contributed by atoms with Crippen molar-refractivity contribution in [2.75, 3.05) is 0 Å². The topological polar surface area (TPSA) is 98.7 Å². The van der Waals surface area contributed by atoms with Gasteiger partial charge in [-0.1, -0.05) is 87.5 Å². The maximum Gasteiger partial charge on any atom is 0.236 e. The molecule has 2 atom stereocenters. The van der Waals surface area contributed by atoms with Crippen LogP contribution in [0.5, 0.6) is 0 Å². The van der Waals surface area contributed by atoms with Crippen LogP contribution >= 0.6 is 0 Å². The SMILES string of the molecule is CCCC(O)(CCC)[C@H](NC(=O)C1(C(=O)N[C@H](C(C)C)C(O)(CCC)CCC)CCC1)C(C)C. The van der Waals surface area contributed by atoms with Gasteiger partial charge in [0.1, 0.15) is 5.41 Å². The van der Waals surface area contributed by atoms with Crippen molar-refractivity contribution in [3.05, 3.63) is 0 Å². The molecule has 0 unspecified atom stereocenters. The largest absolute Gasteiger partial charge is 0.388 e. The molecule has 0 aromatic rings. The van der Waals surface area contributed by atoms with Crippen molar-refractivity contribution in [3.8, 4) is 0 Å². The zero-order valence-corrected chi connectivity index (χ0v) is 23.3. The zero-order chi connectivity index (χ0) is 26.2. The molecule has 1 saturated carbocycles. The zero-order valence-electron chi connectivity index (χ0n) is 23.3. The van der Waals surface area contributed by atoms with Gasteiger partial charge < -0.3 is 20.8 Å². The summed E-state index contributed by atoms with van der Waals surface area (Å²) < 4.78 is 0. The summed E-state index contributed by atoms with van der Waals surface area (Å²) in [6.45, 7) is 16.2. The van der Waals surface area contributed by atoms with Crippen molar-refractivity contribution in [2.24, 2.45) is 17.3 Å². The lowest BCUT2D eigenvalue weighted by Gasteiger charge is -2.46. The Hall–Kier alpha value is -1.14. The quantitative estimate of drug-likeness (QED) is 0.230. The molecule has 2 amide bonds. The van der Waals surface area contributed by atoms with E-state index in [-0.39, 0.29) is 23.7 Å². The highest BCUT2D eigenvalue weighted by molar-refractivity contribution is 6.06. The first-order valence-corrected chi connectivity index (χ1v) is 13.9. The normalized spacial score (nSPS) is 17.9. The van der Waals surface area contributed by atoms with E-state index >= 15 is 0 Å². The van der Waals surface area contributed by atoms with Crippen LogP contribution < -0.4 is 10.6 Å². The van der Waals surface area contributed by atoms with E-state index in [1.165, 1.54) is 0 Å². The van der Waals surface area contributed by atoms with Crippen LogP contribution in [0.2, 0.25) is 0 Å². The predicted octanol–water partition coefficient (Wildman–Crippen LogP) is 5.10. The van der Waals surface area contributed by atoms with Crippen molar-refractivity contribution in [2.45, 2.75) is 149 Å². The molecule has 0 aliphatic heterocycles. The minimum absolute atomic E-state index is 0.0369. The summed E-state index contributed by atoms with van der Waals surface area (Å²) in [5.41, 5.74) is -3.10. The molecule has 6 nitrogen and oxygen atoms in total. The summed E-state index contributed by atoms with van der Waals surface area (Å²) in [5, 5.41) is 29.2. The van der Waals surface area contributed by atoms with Gasteiger partial charge >= 0.3 is 0 Å². The summed E-state index contributed by atoms with van der Waals surface area (Å²) in [4.78, 5) is 27.3. The molecule has 34 heavy (non-hydrogen) atoms. The van der Waals surface area contributed by atoms with Gasteiger partial charge in [0.25, 0.3) is 0 Å². The van der Waals surface area contributed by atoms with Crippen LogP contribution in [-0.4, -0.2) is 45.3 Å². The Morgan fingerprint density at radius 2 is 1.00 bits per heavy atom. The van der Waals surface area contributed by atoms with E-state index in [9.17, 15) is 19.8 Å². The van der Waals surface area contributed by atoms with E-state index in [1.807, 2.05) is 55.4 Å². The Balaban J connectivity index is 3.19. The van der Waals surface area contributed by atoms with Gasteiger partial charge in [0, 0.05) is 0 Å². The molecule has 0 saturated heterocycles. The fraction of sp³-hybridized carbons (Fsp3) is 0.929. The van der Waals surface area contributed by atoms with Crippen molar-refractivity contribution < 1.29 is 19.8 Å². The molecule has 6 heteroatoms. The predicted molar refractivity (Wildman–Crippen MR) is 139 cm³/mol. The lowest BCUT2D eigenvalue weighted by molar-refractivity contribution is -0.154. The first-order valence-electron chi connectivity index (χ1n) is 13.9. The van der Waals surface area contributed by atoms with Gasteiger partial charge in [-0.3, -0.25) is 9.59 Å². The highest BCUT2D eigenvalue weighted by atomic mass is 16.3. The van der Waals surface area contributed by atoms with E-state index in [0.717, 1.165) is 32.1 Å². The second kappa shape index (κ2) is 13.2. The van der Waals surface area contributed by atoms with Gasteiger partial charge in [-0.15, -0.1) is 0 Å². The van der Waals surface area contributed by atoms with Crippen LogP contribution in [0.3, 0.4) is 0 Å². The smallest absolute Gasteiger partial charge is 0.236 e. The van der Waals surface area contributed by atoms with E-state index < -0.39 is 28.7 Å². The Bertz CT molecular complexity index is 580. The molecular weight excluding hydrogens is 428 g/mol. The lowest BCUT2D eigenvalue weighted by Crippen LogP contribution is -2.65. The molecule has 0 spiro atoms. The molecule has 0 aromatic heterocycles. The highest BCUT2D eigenvalue weighted by Crippen LogP contribution is 2.43. The highest BCUT2D eigenvalue weighted by Gasteiger charge is 2.54. The fourth-order valence-corrected chi connectivity index (χ4v) is 6.09. The average molecular weight is 483 g/mol. The number of carbonyl (C=O) groups excluding carboxylic acids is 2. The summed E-state index contributed by atoms with van der Waals surface area (Å²) in [6, 6.07) is -0.827. The minimum Gasteiger partial charge on any atom is -0.388 e. The monoisotopic (exact) mass is 482 g/mol. The first-order chi connectivity index (χ1) is 15.9. The Morgan fingerprint density at radius 1 is 0.706 bits per heavy atom. The first kappa shape index (κ1) is 30.9. The van der Waals surface area contributed by atoms with Gasteiger partial charge in [-0.05, 0) is 50.4 Å². The summed E-state index contributed by atoms with van der Waals surface area (Å²) >= 11 is 0. The van der Waals surface area contributed by atoms with Crippen LogP contribution in [0, 0.1) is 17.3 Å². The molecular formula is C28H54N2O4. The minimum atomic E-state index is -1.13. The van der Waals surface area contributed by atoms with Gasteiger partial charge in [-0.2, -0.15) is 0 Å². The van der Waals surface area contributed by atoms with E-state index in [0.29, 0.717) is 38.5 Å². The summed E-state index contributed by atoms with van der Waals surface area (Å²) in [6.07, 6.45) is 7.56. The molecule has 1 rings (SSSR count). The molecule has 1 fully saturated rings. The van der Waals surface area contributed by atoms with Crippen LogP contribution in [-0.2, 0) is 9.59 Å². The fourth-order valence-electron chi connectivity index (χ4n) is 6.09. The number of rotatable bonds is 16. The lowest BCUT2D eigenvalue weighted by atomic mass is 9.66. The van der Waals surface area contributed by atoms with Gasteiger partial charge in [-0.25, -0.2) is 0 Å². The molecule has 1 aliphatic rings. The Morgan fingerprint density at radius 3 is 1.18 bits per heavy atom. The van der Waals surface area contributed by atoms with Crippen LogP contribution in [0.1, 0.15) is 126 Å². The molecule has 200 valence electrons. The molecule has 0 bridgehead atoms. The van der Waals surface area contributed by atoms with Crippen LogP contribution in [0.25, 0.3) is 0 Å². The van der Waals surface area contributed by atoms with Gasteiger partial charge in [0.05, 0.1) is 23.3 Å². The third kappa shape index (κ3) is 6.96. The van der Waals surface area contributed by atoms with Crippen LogP contribution in [0.4, 0.5) is 0 Å². The second-order valence-corrected chi connectivity index (χ2v) is 11.5. The average Bonchev–Trinajstić information content (AvgIpc) is 2.69. The van der Waals surface area contributed by atoms with Gasteiger partial charge in [0.15, 0.2) is 0 Å². The second-order valence-electron chi connectivity index (χ2n) is 11.5. The maximum atomic E-state index is 13.7. The third-order valence-corrected chi connectivity index (χ3v) is 7.87.